The molecule has 2 rings (SSSR count). The fourth-order valence-corrected chi connectivity index (χ4v) is 1.87. The van der Waals surface area contributed by atoms with Crippen molar-refractivity contribution in [2.45, 2.75) is 26.5 Å². The lowest BCUT2D eigenvalue weighted by Gasteiger charge is -2.14. The first-order valence-electron chi connectivity index (χ1n) is 6.16. The van der Waals surface area contributed by atoms with Gasteiger partial charge >= 0.3 is 0 Å². The van der Waals surface area contributed by atoms with Gasteiger partial charge in [-0.2, -0.15) is 0 Å². The number of ether oxygens (including phenoxy) is 1. The van der Waals surface area contributed by atoms with Crippen LogP contribution < -0.4 is 4.74 Å². The minimum absolute atomic E-state index is 0.381. The second-order valence-electron chi connectivity index (χ2n) is 4.37. The van der Waals surface area contributed by atoms with E-state index >= 15 is 0 Å². The fourth-order valence-electron chi connectivity index (χ4n) is 1.87. The summed E-state index contributed by atoms with van der Waals surface area (Å²) >= 11 is 0. The second-order valence-corrected chi connectivity index (χ2v) is 4.37. The van der Waals surface area contributed by atoms with Crippen molar-refractivity contribution in [1.82, 2.24) is 9.55 Å². The van der Waals surface area contributed by atoms with E-state index in [1.165, 1.54) is 18.2 Å². The van der Waals surface area contributed by atoms with Crippen molar-refractivity contribution in [3.05, 3.63) is 47.8 Å². The fraction of sp³-hybridized carbons (Fsp3) is 0.357. The second kappa shape index (κ2) is 5.84. The molecular weight excluding hydrogens is 247 g/mol. The predicted octanol–water partition coefficient (Wildman–Crippen LogP) is 2.46. The molecule has 1 atom stereocenters. The highest BCUT2D eigenvalue weighted by Gasteiger charge is 2.10. The molecule has 0 aliphatic rings. The summed E-state index contributed by atoms with van der Waals surface area (Å²) in [5.74, 6) is 1.04. The predicted molar refractivity (Wildman–Crippen MR) is 69.5 cm³/mol. The molecule has 0 aliphatic carbocycles. The summed E-state index contributed by atoms with van der Waals surface area (Å²) in [6.07, 6.45) is 2.84. The van der Waals surface area contributed by atoms with Gasteiger partial charge in [0, 0.05) is 18.0 Å². The summed E-state index contributed by atoms with van der Waals surface area (Å²) in [6, 6.07) is 4.16. The zero-order chi connectivity index (χ0) is 13.8. The lowest BCUT2D eigenvalue weighted by atomic mass is 10.1. The molecular formula is C14H17FN2O2. The molecule has 0 spiro atoms. The average Bonchev–Trinajstić information content (AvgIpc) is 2.77. The molecule has 102 valence electrons. The number of benzene rings is 1. The van der Waals surface area contributed by atoms with Crippen molar-refractivity contribution in [3.63, 3.8) is 0 Å². The topological polar surface area (TPSA) is 47.3 Å². The summed E-state index contributed by atoms with van der Waals surface area (Å²) in [5, 5.41) is 9.59. The van der Waals surface area contributed by atoms with Gasteiger partial charge in [-0.1, -0.05) is 0 Å². The van der Waals surface area contributed by atoms with Crippen molar-refractivity contribution in [2.75, 3.05) is 6.61 Å². The number of imidazole rings is 1. The van der Waals surface area contributed by atoms with Crippen LogP contribution in [0.5, 0.6) is 5.75 Å². The summed E-state index contributed by atoms with van der Waals surface area (Å²) in [5.41, 5.74) is 0.461. The van der Waals surface area contributed by atoms with Crippen LogP contribution in [0.25, 0.3) is 0 Å². The quantitative estimate of drug-likeness (QED) is 0.902. The van der Waals surface area contributed by atoms with Gasteiger partial charge in [-0.15, -0.1) is 0 Å². The number of aliphatic hydroxyl groups excluding tert-OH is 1. The Bertz CT molecular complexity index is 552. The van der Waals surface area contributed by atoms with E-state index in [0.29, 0.717) is 24.5 Å². The first-order chi connectivity index (χ1) is 9.08. The number of aliphatic hydroxyl groups is 1. The maximum absolute atomic E-state index is 13.1. The highest BCUT2D eigenvalue weighted by Crippen LogP contribution is 2.25. The van der Waals surface area contributed by atoms with Crippen molar-refractivity contribution < 1.29 is 14.2 Å². The standard InChI is InChI=1S/C14H17FN2O2/c1-10(18)13-9-12(15)3-4-14(13)19-8-7-17-6-5-16-11(17)2/h3-6,9-10,18H,7-8H2,1-2H3. The van der Waals surface area contributed by atoms with Gasteiger partial charge in [0.1, 0.15) is 24.0 Å². The minimum Gasteiger partial charge on any atom is -0.491 e. The van der Waals surface area contributed by atoms with Crippen LogP contribution in [-0.4, -0.2) is 21.3 Å². The third kappa shape index (κ3) is 3.32. The van der Waals surface area contributed by atoms with Crippen LogP contribution >= 0.6 is 0 Å². The van der Waals surface area contributed by atoms with Crippen molar-refractivity contribution >= 4 is 0 Å². The lowest BCUT2D eigenvalue weighted by molar-refractivity contribution is 0.189. The van der Waals surface area contributed by atoms with E-state index in [4.69, 9.17) is 4.74 Å². The average molecular weight is 264 g/mol. The molecule has 0 radical (unpaired) electrons. The van der Waals surface area contributed by atoms with Gasteiger partial charge in [-0.25, -0.2) is 9.37 Å². The molecule has 0 fully saturated rings. The summed E-state index contributed by atoms with van der Waals surface area (Å²) in [7, 11) is 0. The number of aryl methyl sites for hydroxylation is 1. The van der Waals surface area contributed by atoms with E-state index in [0.717, 1.165) is 5.82 Å². The number of aromatic nitrogens is 2. The third-order valence-corrected chi connectivity index (χ3v) is 2.94. The van der Waals surface area contributed by atoms with Crippen molar-refractivity contribution in [1.29, 1.82) is 0 Å². The molecule has 0 saturated heterocycles. The van der Waals surface area contributed by atoms with E-state index in [1.807, 2.05) is 17.7 Å². The minimum atomic E-state index is -0.763. The molecule has 5 heteroatoms. The highest BCUT2D eigenvalue weighted by atomic mass is 19.1. The summed E-state index contributed by atoms with van der Waals surface area (Å²) in [4.78, 5) is 4.12. The molecule has 4 nitrogen and oxygen atoms in total. The van der Waals surface area contributed by atoms with Gasteiger partial charge in [-0.3, -0.25) is 0 Å². The Morgan fingerprint density at radius 1 is 1.47 bits per heavy atom. The van der Waals surface area contributed by atoms with Crippen LogP contribution in [0.1, 0.15) is 24.4 Å². The number of hydrogen-bond donors (Lipinski definition) is 1. The van der Waals surface area contributed by atoms with Crippen LogP contribution in [0.15, 0.2) is 30.6 Å². The number of rotatable bonds is 5. The van der Waals surface area contributed by atoms with E-state index in [2.05, 4.69) is 4.98 Å². The van der Waals surface area contributed by atoms with E-state index < -0.39 is 6.10 Å². The molecule has 1 unspecified atom stereocenters. The van der Waals surface area contributed by atoms with Gasteiger partial charge in [0.25, 0.3) is 0 Å². The van der Waals surface area contributed by atoms with Crippen LogP contribution in [-0.2, 0) is 6.54 Å². The van der Waals surface area contributed by atoms with E-state index in [1.54, 1.807) is 13.1 Å². The van der Waals surface area contributed by atoms with E-state index in [-0.39, 0.29) is 5.82 Å². The Labute approximate surface area is 111 Å². The van der Waals surface area contributed by atoms with Gasteiger partial charge in [0.05, 0.1) is 12.6 Å². The molecule has 0 bridgehead atoms. The summed E-state index contributed by atoms with van der Waals surface area (Å²) < 4.78 is 20.7. The number of nitrogens with zero attached hydrogens (tertiary/aromatic N) is 2. The van der Waals surface area contributed by atoms with Gasteiger partial charge in [0.2, 0.25) is 0 Å². The molecule has 0 amide bonds. The largest absolute Gasteiger partial charge is 0.491 e. The van der Waals surface area contributed by atoms with Crippen LogP contribution in [0.2, 0.25) is 0 Å². The number of hydrogen-bond acceptors (Lipinski definition) is 3. The number of halogens is 1. The van der Waals surface area contributed by atoms with Crippen LogP contribution in [0.4, 0.5) is 4.39 Å². The van der Waals surface area contributed by atoms with E-state index in [9.17, 15) is 9.50 Å². The van der Waals surface area contributed by atoms with Gasteiger partial charge in [0.15, 0.2) is 0 Å². The molecule has 1 heterocycles. The first kappa shape index (κ1) is 13.5. The van der Waals surface area contributed by atoms with Crippen LogP contribution in [0.3, 0.4) is 0 Å². The maximum Gasteiger partial charge on any atom is 0.125 e. The molecule has 0 aliphatic heterocycles. The Kier molecular flexibility index (Phi) is 4.16. The Morgan fingerprint density at radius 3 is 2.89 bits per heavy atom. The smallest absolute Gasteiger partial charge is 0.125 e. The Morgan fingerprint density at radius 2 is 2.26 bits per heavy atom. The maximum atomic E-state index is 13.1. The van der Waals surface area contributed by atoms with Crippen LogP contribution in [0, 0.1) is 12.7 Å². The first-order valence-corrected chi connectivity index (χ1v) is 6.16. The third-order valence-electron chi connectivity index (χ3n) is 2.94. The van der Waals surface area contributed by atoms with Gasteiger partial charge < -0.3 is 14.4 Å². The molecule has 0 saturated carbocycles. The molecule has 1 aromatic heterocycles. The molecule has 19 heavy (non-hydrogen) atoms. The Balaban J connectivity index is 2.01. The van der Waals surface area contributed by atoms with Gasteiger partial charge in [-0.05, 0) is 32.0 Å². The molecule has 1 N–H and O–H groups in total. The molecule has 1 aromatic carbocycles. The van der Waals surface area contributed by atoms with Crippen molar-refractivity contribution in [2.24, 2.45) is 0 Å². The highest BCUT2D eigenvalue weighted by molar-refractivity contribution is 5.35. The lowest BCUT2D eigenvalue weighted by Crippen LogP contribution is -2.10. The zero-order valence-corrected chi connectivity index (χ0v) is 11.0. The molecule has 2 aromatic rings. The monoisotopic (exact) mass is 264 g/mol. The normalized spacial score (nSPS) is 12.4. The zero-order valence-electron chi connectivity index (χ0n) is 11.0. The Hall–Kier alpha value is -1.88. The van der Waals surface area contributed by atoms with Crippen molar-refractivity contribution in [3.8, 4) is 5.75 Å². The summed E-state index contributed by atoms with van der Waals surface area (Å²) in [6.45, 7) is 4.59. The SMILES string of the molecule is Cc1nccn1CCOc1ccc(F)cc1C(C)O.